The summed E-state index contributed by atoms with van der Waals surface area (Å²) in [4.78, 5) is 19.5. The van der Waals surface area contributed by atoms with E-state index in [9.17, 15) is 14.7 Å². The Morgan fingerprint density at radius 1 is 0.955 bits per heavy atom. The molecule has 9 N–H and O–H groups in total. The van der Waals surface area contributed by atoms with Crippen LogP contribution in [0.3, 0.4) is 0 Å². The van der Waals surface area contributed by atoms with Gasteiger partial charge >= 0.3 is 11.9 Å². The van der Waals surface area contributed by atoms with Crippen LogP contribution in [0.25, 0.3) is 0 Å². The van der Waals surface area contributed by atoms with Gasteiger partial charge in [0.15, 0.2) is 23.7 Å². The molecule has 10 heteroatoms. The van der Waals surface area contributed by atoms with Gasteiger partial charge in [0.05, 0.1) is 6.10 Å². The predicted molar refractivity (Wildman–Crippen MR) is 71.1 cm³/mol. The van der Waals surface area contributed by atoms with E-state index in [4.69, 9.17) is 36.4 Å². The Balaban J connectivity index is 0.000000409. The third-order valence-electron chi connectivity index (χ3n) is 2.41. The molecule has 3 atom stereocenters. The Bertz CT molecular complexity index is 501. The Morgan fingerprint density at radius 2 is 1.41 bits per heavy atom. The number of nitrogens with two attached hydrogens (primary N) is 1. The zero-order chi connectivity index (χ0) is 17.4. The smallest absolute Gasteiger partial charge is 0.335 e. The molecule has 0 fully saturated rings. The molecule has 1 aromatic rings. The van der Waals surface area contributed by atoms with Crippen molar-refractivity contribution in [3.8, 4) is 11.5 Å². The number of phenols is 2. The molecule has 0 aliphatic carbocycles. The van der Waals surface area contributed by atoms with E-state index in [1.165, 1.54) is 18.2 Å². The summed E-state index contributed by atoms with van der Waals surface area (Å²) >= 11 is 0. The van der Waals surface area contributed by atoms with Gasteiger partial charge in [-0.25, -0.2) is 9.59 Å². The van der Waals surface area contributed by atoms with E-state index < -0.39 is 30.3 Å². The first-order valence-electron chi connectivity index (χ1n) is 5.83. The number of carboxylic acid groups (broad SMARTS) is 2. The zero-order valence-electron chi connectivity index (χ0n) is 11.2. The fraction of sp³-hybridized carbons (Fsp3) is 0.333. The number of benzene rings is 1. The lowest BCUT2D eigenvalue weighted by molar-refractivity contribution is -0.165. The highest BCUT2D eigenvalue weighted by atomic mass is 16.4. The van der Waals surface area contributed by atoms with Crippen LogP contribution in [0, 0.1) is 0 Å². The molecule has 0 radical (unpaired) electrons. The van der Waals surface area contributed by atoms with E-state index >= 15 is 0 Å². The molecule has 0 aliphatic rings. The molecule has 10 nitrogen and oxygen atoms in total. The van der Waals surface area contributed by atoms with Crippen LogP contribution in [0.15, 0.2) is 18.2 Å². The minimum absolute atomic E-state index is 0.0875. The second-order valence-electron chi connectivity index (χ2n) is 4.07. The Morgan fingerprint density at radius 3 is 1.73 bits per heavy atom. The Kier molecular flexibility index (Phi) is 7.83. The highest BCUT2D eigenvalue weighted by molar-refractivity contribution is 5.83. The number of carbonyl (C=O) groups is 2. The number of aliphatic hydroxyl groups excluding tert-OH is 3. The normalized spacial score (nSPS) is 14.2. The van der Waals surface area contributed by atoms with Crippen LogP contribution in [0.2, 0.25) is 0 Å². The molecule has 0 saturated heterocycles. The van der Waals surface area contributed by atoms with Crippen molar-refractivity contribution in [3.05, 3.63) is 23.8 Å². The Hall–Kier alpha value is -2.40. The van der Waals surface area contributed by atoms with Gasteiger partial charge in [-0.05, 0) is 17.7 Å². The summed E-state index contributed by atoms with van der Waals surface area (Å²) < 4.78 is 0. The molecule has 0 aromatic heterocycles. The maximum Gasteiger partial charge on any atom is 0.335 e. The van der Waals surface area contributed by atoms with Gasteiger partial charge in [-0.3, -0.25) is 0 Å². The van der Waals surface area contributed by atoms with E-state index in [2.05, 4.69) is 0 Å². The first kappa shape index (κ1) is 19.6. The van der Waals surface area contributed by atoms with Crippen LogP contribution in [0.5, 0.6) is 11.5 Å². The molecule has 22 heavy (non-hydrogen) atoms. The van der Waals surface area contributed by atoms with Gasteiger partial charge in [0.2, 0.25) is 0 Å². The number of hydrogen-bond donors (Lipinski definition) is 8. The summed E-state index contributed by atoms with van der Waals surface area (Å²) in [7, 11) is 0. The molecule has 0 bridgehead atoms. The number of aromatic hydroxyl groups is 2. The first-order valence-corrected chi connectivity index (χ1v) is 5.83. The van der Waals surface area contributed by atoms with E-state index in [0.29, 0.717) is 5.56 Å². The van der Waals surface area contributed by atoms with Crippen LogP contribution < -0.4 is 5.73 Å². The average molecular weight is 319 g/mol. The topological polar surface area (TPSA) is 202 Å². The number of carboxylic acids is 2. The molecule has 1 aromatic carbocycles. The van der Waals surface area contributed by atoms with Crippen molar-refractivity contribution in [1.29, 1.82) is 0 Å². The minimum atomic E-state index is -2.27. The fourth-order valence-electron chi connectivity index (χ4n) is 1.15. The molecular formula is C12H17NO9. The lowest BCUT2D eigenvalue weighted by Gasteiger charge is -2.08. The van der Waals surface area contributed by atoms with Gasteiger partial charge < -0.3 is 41.5 Å². The van der Waals surface area contributed by atoms with Crippen molar-refractivity contribution in [2.45, 2.75) is 18.3 Å². The van der Waals surface area contributed by atoms with Crippen LogP contribution in [0.4, 0.5) is 0 Å². The Labute approximate surface area is 124 Å². The number of aliphatic hydroxyl groups is 3. The lowest BCUT2D eigenvalue weighted by Crippen LogP contribution is -2.39. The summed E-state index contributed by atoms with van der Waals surface area (Å²) in [5.74, 6) is -3.99. The van der Waals surface area contributed by atoms with Gasteiger partial charge in [0.1, 0.15) is 0 Å². The summed E-state index contributed by atoms with van der Waals surface area (Å²) in [6.45, 7) is 0.0875. The van der Waals surface area contributed by atoms with Crippen molar-refractivity contribution in [2.24, 2.45) is 5.73 Å². The second kappa shape index (κ2) is 8.79. The van der Waals surface area contributed by atoms with Crippen LogP contribution in [-0.2, 0) is 9.59 Å². The van der Waals surface area contributed by atoms with E-state index in [-0.39, 0.29) is 18.0 Å². The van der Waals surface area contributed by atoms with Crippen LogP contribution >= 0.6 is 0 Å². The summed E-state index contributed by atoms with van der Waals surface area (Å²) in [6.07, 6.45) is -5.33. The monoisotopic (exact) mass is 319 g/mol. The largest absolute Gasteiger partial charge is 0.504 e. The summed E-state index contributed by atoms with van der Waals surface area (Å²) in [6, 6.07) is 4.10. The van der Waals surface area contributed by atoms with Crippen molar-refractivity contribution in [1.82, 2.24) is 0 Å². The molecule has 1 rings (SSSR count). The molecule has 0 aliphatic heterocycles. The third kappa shape index (κ3) is 5.93. The van der Waals surface area contributed by atoms with Gasteiger partial charge in [-0.2, -0.15) is 0 Å². The minimum Gasteiger partial charge on any atom is -0.504 e. The molecular weight excluding hydrogens is 302 g/mol. The van der Waals surface area contributed by atoms with Crippen molar-refractivity contribution >= 4 is 11.9 Å². The molecule has 0 heterocycles. The lowest BCUT2D eigenvalue weighted by atomic mass is 10.1. The molecule has 0 saturated carbocycles. The zero-order valence-corrected chi connectivity index (χ0v) is 11.2. The van der Waals surface area contributed by atoms with Gasteiger partial charge in [0.25, 0.3) is 0 Å². The second-order valence-corrected chi connectivity index (χ2v) is 4.07. The number of aliphatic carboxylic acids is 2. The molecule has 124 valence electrons. The maximum atomic E-state index is 9.77. The van der Waals surface area contributed by atoms with E-state index in [0.717, 1.165) is 0 Å². The van der Waals surface area contributed by atoms with Gasteiger partial charge in [0, 0.05) is 6.54 Å². The molecule has 0 spiro atoms. The molecule has 0 unspecified atom stereocenters. The van der Waals surface area contributed by atoms with Crippen molar-refractivity contribution in [3.63, 3.8) is 0 Å². The van der Waals surface area contributed by atoms with Gasteiger partial charge in [-0.15, -0.1) is 0 Å². The summed E-state index contributed by atoms with van der Waals surface area (Å²) in [5.41, 5.74) is 5.69. The fourth-order valence-corrected chi connectivity index (χ4v) is 1.15. The average Bonchev–Trinajstić information content (AvgIpc) is 2.48. The maximum absolute atomic E-state index is 9.77. The summed E-state index contributed by atoms with van der Waals surface area (Å²) in [5, 5.41) is 59.7. The quantitative estimate of drug-likeness (QED) is 0.279. The van der Waals surface area contributed by atoms with Crippen LogP contribution in [0.1, 0.15) is 11.7 Å². The highest BCUT2D eigenvalue weighted by Gasteiger charge is 2.29. The first-order chi connectivity index (χ1) is 10.1. The standard InChI is InChI=1S/C8H11NO3.C4H6O6/c9-4-8(12)5-1-2-6(10)7(11)3-5;5-1(3(7)8)2(6)4(9)10/h1-3,8,10-12H,4,9H2;1-2,5-6H,(H,7,8)(H,9,10)/t8-;1-,2-/m11/s1. The highest BCUT2D eigenvalue weighted by Crippen LogP contribution is 2.27. The third-order valence-corrected chi connectivity index (χ3v) is 2.41. The number of phenolic OH excluding ortho intramolecular Hbond substituents is 2. The van der Waals surface area contributed by atoms with Gasteiger partial charge in [-0.1, -0.05) is 6.07 Å². The SMILES string of the molecule is NC[C@@H](O)c1ccc(O)c(O)c1.O=C(O)[C@H](O)[C@@H](O)C(=O)O. The number of rotatable bonds is 5. The van der Waals surface area contributed by atoms with E-state index in [1.54, 1.807) is 0 Å². The predicted octanol–water partition coefficient (Wildman–Crippen LogP) is -2.03. The number of hydrogen-bond acceptors (Lipinski definition) is 8. The molecule has 0 amide bonds. The van der Waals surface area contributed by atoms with Crippen LogP contribution in [-0.4, -0.2) is 66.4 Å². The van der Waals surface area contributed by atoms with Crippen molar-refractivity contribution < 1.29 is 45.3 Å². The van der Waals surface area contributed by atoms with Crippen molar-refractivity contribution in [2.75, 3.05) is 6.54 Å². The van der Waals surface area contributed by atoms with E-state index in [1.807, 2.05) is 0 Å².